The number of hydrogen-bond acceptors (Lipinski definition) is 7. The number of carbonyl (C=O) groups is 1. The van der Waals surface area contributed by atoms with Gasteiger partial charge in [-0.15, -0.1) is 0 Å². The van der Waals surface area contributed by atoms with Crippen LogP contribution in [0.4, 0.5) is 5.69 Å². The number of methoxy groups -OCH3 is 1. The third-order valence-electron chi connectivity index (χ3n) is 5.86. The van der Waals surface area contributed by atoms with E-state index in [1.165, 1.54) is 16.1 Å². The number of nitrogens with zero attached hydrogens (tertiary/aromatic N) is 4. The molecular formula is C30H44N4O3S. The van der Waals surface area contributed by atoms with Crippen LogP contribution in [0.5, 0.6) is 5.75 Å². The molecular weight excluding hydrogens is 496 g/mol. The lowest BCUT2D eigenvalue weighted by molar-refractivity contribution is 0.0773. The van der Waals surface area contributed by atoms with E-state index >= 15 is 0 Å². The summed E-state index contributed by atoms with van der Waals surface area (Å²) in [7, 11) is 5.80. The second-order valence-corrected chi connectivity index (χ2v) is 10.4. The Balaban J connectivity index is 0.000000252. The molecule has 1 saturated heterocycles. The summed E-state index contributed by atoms with van der Waals surface area (Å²) in [6.45, 7) is 14.6. The molecule has 0 amide bonds. The maximum absolute atomic E-state index is 11.0. The average molecular weight is 541 g/mol. The Labute approximate surface area is 233 Å². The van der Waals surface area contributed by atoms with E-state index < -0.39 is 0 Å². The molecule has 0 atom stereocenters. The van der Waals surface area contributed by atoms with Gasteiger partial charge in [0.15, 0.2) is 6.29 Å². The predicted molar refractivity (Wildman–Crippen MR) is 159 cm³/mol. The number of aldehydes is 1. The normalized spacial score (nSPS) is 13.2. The molecule has 4 rings (SSSR count). The molecule has 2 heterocycles. The summed E-state index contributed by atoms with van der Waals surface area (Å²) in [5.74, 6) is 1.07. The monoisotopic (exact) mass is 540 g/mol. The molecule has 0 aliphatic carbocycles. The molecule has 0 N–H and O–H groups in total. The van der Waals surface area contributed by atoms with Gasteiger partial charge < -0.3 is 14.4 Å². The summed E-state index contributed by atoms with van der Waals surface area (Å²) < 4.78 is 14.7. The summed E-state index contributed by atoms with van der Waals surface area (Å²) in [5, 5.41) is 4.48. The summed E-state index contributed by atoms with van der Waals surface area (Å²) in [6.07, 6.45) is 2.66. The van der Waals surface area contributed by atoms with E-state index in [1.807, 2.05) is 63.9 Å². The van der Waals surface area contributed by atoms with Crippen molar-refractivity contribution in [3.63, 3.8) is 0 Å². The third kappa shape index (κ3) is 9.49. The van der Waals surface area contributed by atoms with Gasteiger partial charge in [0.25, 0.3) is 0 Å². The SMILES string of the molecule is CC.COc1cccc(Cn2cc(C=O)c(C(C)C)n2)c1.Cc1ccc(N(C)C)cc1SN1CCOCC1. The Morgan fingerprint density at radius 3 is 2.42 bits per heavy atom. The van der Waals surface area contributed by atoms with Crippen molar-refractivity contribution in [3.05, 3.63) is 71.0 Å². The Kier molecular flexibility index (Phi) is 13.4. The van der Waals surface area contributed by atoms with Crippen LogP contribution in [0, 0.1) is 6.92 Å². The number of aromatic nitrogens is 2. The van der Waals surface area contributed by atoms with Gasteiger partial charge in [0.1, 0.15) is 5.75 Å². The van der Waals surface area contributed by atoms with E-state index in [-0.39, 0.29) is 5.92 Å². The van der Waals surface area contributed by atoms with Gasteiger partial charge in [-0.05, 0) is 60.2 Å². The molecule has 0 saturated carbocycles. The first kappa shape index (κ1) is 31.4. The van der Waals surface area contributed by atoms with Crippen LogP contribution in [0.3, 0.4) is 0 Å². The Morgan fingerprint density at radius 2 is 1.84 bits per heavy atom. The maximum atomic E-state index is 11.0. The van der Waals surface area contributed by atoms with Crippen molar-refractivity contribution >= 4 is 23.9 Å². The highest BCUT2D eigenvalue weighted by atomic mass is 32.2. The Hall–Kier alpha value is -2.81. The van der Waals surface area contributed by atoms with Gasteiger partial charge in [0.05, 0.1) is 38.1 Å². The van der Waals surface area contributed by atoms with Crippen molar-refractivity contribution in [1.29, 1.82) is 0 Å². The fraction of sp³-hybridized carbons (Fsp3) is 0.467. The molecule has 0 unspecified atom stereocenters. The molecule has 1 aromatic heterocycles. The lowest BCUT2D eigenvalue weighted by Crippen LogP contribution is -2.31. The Morgan fingerprint density at radius 1 is 1.13 bits per heavy atom. The van der Waals surface area contributed by atoms with E-state index in [2.05, 4.69) is 53.5 Å². The molecule has 1 aliphatic rings. The Bertz CT molecular complexity index is 1120. The first-order valence-electron chi connectivity index (χ1n) is 13.2. The third-order valence-corrected chi connectivity index (χ3v) is 7.12. The molecule has 0 radical (unpaired) electrons. The van der Waals surface area contributed by atoms with Crippen LogP contribution in [-0.2, 0) is 11.3 Å². The first-order valence-corrected chi connectivity index (χ1v) is 14.0. The molecule has 1 fully saturated rings. The van der Waals surface area contributed by atoms with Crippen molar-refractivity contribution in [1.82, 2.24) is 14.1 Å². The van der Waals surface area contributed by atoms with E-state index in [0.717, 1.165) is 49.6 Å². The highest BCUT2D eigenvalue weighted by molar-refractivity contribution is 7.97. The summed E-state index contributed by atoms with van der Waals surface area (Å²) in [6, 6.07) is 14.5. The molecule has 0 spiro atoms. The minimum Gasteiger partial charge on any atom is -0.497 e. The molecule has 1 aliphatic heterocycles. The molecule has 3 aromatic rings. The minimum absolute atomic E-state index is 0.242. The number of carbonyl (C=O) groups excluding carboxylic acids is 1. The number of benzene rings is 2. The maximum Gasteiger partial charge on any atom is 0.153 e. The molecule has 0 bridgehead atoms. The second kappa shape index (κ2) is 16.2. The summed E-state index contributed by atoms with van der Waals surface area (Å²) in [5.41, 5.74) is 5.20. The zero-order valence-corrected chi connectivity index (χ0v) is 25.0. The van der Waals surface area contributed by atoms with E-state index in [9.17, 15) is 4.79 Å². The number of hydrogen-bond donors (Lipinski definition) is 0. The molecule has 8 heteroatoms. The standard InChI is InChI=1S/C15H18N2O2.C13H20N2OS.C2H6/c1-11(2)15-13(10-18)9-17(16-15)8-12-5-4-6-14(7-12)19-3;1-11-4-5-12(14(2)3)10-13(11)17-15-6-8-16-9-7-15;1-2/h4-7,9-11H,8H2,1-3H3;4-5,10H,6-9H2,1-3H3;1-2H3. The molecule has 2 aromatic carbocycles. The van der Waals surface area contributed by atoms with Crippen molar-refractivity contribution in [3.8, 4) is 5.75 Å². The van der Waals surface area contributed by atoms with Crippen LogP contribution in [0.15, 0.2) is 53.6 Å². The van der Waals surface area contributed by atoms with Gasteiger partial charge in [-0.2, -0.15) is 5.10 Å². The fourth-order valence-electron chi connectivity index (χ4n) is 3.77. The van der Waals surface area contributed by atoms with Crippen molar-refractivity contribution in [2.45, 2.75) is 52.0 Å². The lowest BCUT2D eigenvalue weighted by atomic mass is 10.1. The van der Waals surface area contributed by atoms with Gasteiger partial charge >= 0.3 is 0 Å². The highest BCUT2D eigenvalue weighted by Gasteiger charge is 2.14. The van der Waals surface area contributed by atoms with Crippen LogP contribution in [-0.4, -0.2) is 67.9 Å². The number of rotatable bonds is 8. The summed E-state index contributed by atoms with van der Waals surface area (Å²) >= 11 is 1.85. The molecule has 208 valence electrons. The molecule has 7 nitrogen and oxygen atoms in total. The number of morpholine rings is 1. The van der Waals surface area contributed by atoms with Gasteiger partial charge in [-0.25, -0.2) is 4.31 Å². The van der Waals surface area contributed by atoms with Crippen LogP contribution in [0.1, 0.15) is 60.8 Å². The van der Waals surface area contributed by atoms with Crippen molar-refractivity contribution < 1.29 is 14.3 Å². The van der Waals surface area contributed by atoms with Gasteiger partial charge in [-0.3, -0.25) is 9.48 Å². The fourth-order valence-corrected chi connectivity index (χ4v) is 4.77. The number of aryl methyl sites for hydroxylation is 1. The average Bonchev–Trinajstić information content (AvgIpc) is 3.35. The lowest BCUT2D eigenvalue weighted by Gasteiger charge is -2.26. The molecule has 38 heavy (non-hydrogen) atoms. The zero-order chi connectivity index (χ0) is 28.1. The second-order valence-electron chi connectivity index (χ2n) is 9.27. The number of ether oxygens (including phenoxy) is 2. The predicted octanol–water partition coefficient (Wildman–Crippen LogP) is 6.30. The van der Waals surface area contributed by atoms with Crippen LogP contribution in [0.25, 0.3) is 0 Å². The van der Waals surface area contributed by atoms with Crippen LogP contribution in [0.2, 0.25) is 0 Å². The first-order chi connectivity index (χ1) is 18.3. The largest absolute Gasteiger partial charge is 0.497 e. The highest BCUT2D eigenvalue weighted by Crippen LogP contribution is 2.30. The van der Waals surface area contributed by atoms with Crippen LogP contribution >= 0.6 is 11.9 Å². The van der Waals surface area contributed by atoms with Gasteiger partial charge in [0, 0.05) is 44.0 Å². The van der Waals surface area contributed by atoms with Gasteiger partial charge in [-0.1, -0.05) is 45.9 Å². The smallest absolute Gasteiger partial charge is 0.153 e. The topological polar surface area (TPSA) is 59.8 Å². The quantitative estimate of drug-likeness (QED) is 0.245. The number of anilines is 1. The van der Waals surface area contributed by atoms with E-state index in [4.69, 9.17) is 9.47 Å². The van der Waals surface area contributed by atoms with E-state index in [1.54, 1.807) is 18.0 Å². The van der Waals surface area contributed by atoms with Gasteiger partial charge in [0.2, 0.25) is 0 Å². The van der Waals surface area contributed by atoms with E-state index in [0.29, 0.717) is 12.1 Å². The zero-order valence-electron chi connectivity index (χ0n) is 24.2. The minimum atomic E-state index is 0.242. The summed E-state index contributed by atoms with van der Waals surface area (Å²) in [4.78, 5) is 14.5. The van der Waals surface area contributed by atoms with Crippen LogP contribution < -0.4 is 9.64 Å². The van der Waals surface area contributed by atoms with Crippen molar-refractivity contribution in [2.75, 3.05) is 52.4 Å². The van der Waals surface area contributed by atoms with Crippen molar-refractivity contribution in [2.24, 2.45) is 0 Å².